The molecule has 0 amide bonds. The lowest BCUT2D eigenvalue weighted by molar-refractivity contribution is 0.119. The van der Waals surface area contributed by atoms with E-state index in [-0.39, 0.29) is 0 Å². The topological polar surface area (TPSA) is 42.3 Å². The van der Waals surface area contributed by atoms with E-state index in [4.69, 9.17) is 4.74 Å². The van der Waals surface area contributed by atoms with Crippen LogP contribution in [0.15, 0.2) is 6.20 Å². The first-order valence-electron chi connectivity index (χ1n) is 6.02. The first-order chi connectivity index (χ1) is 8.09. The molecule has 1 aromatic heterocycles. The zero-order chi connectivity index (χ0) is 12.7. The molecule has 0 aliphatic carbocycles. The van der Waals surface area contributed by atoms with Gasteiger partial charge in [0.05, 0.1) is 18.9 Å². The summed E-state index contributed by atoms with van der Waals surface area (Å²) in [6.45, 7) is 6.29. The molecule has 0 aliphatic rings. The Balaban J connectivity index is 2.03. The lowest BCUT2D eigenvalue weighted by atomic mass is 10.2. The van der Waals surface area contributed by atoms with E-state index in [1.807, 2.05) is 32.7 Å². The Morgan fingerprint density at radius 2 is 2.18 bits per heavy atom. The number of aryl methyl sites for hydroxylation is 2. The molecular formula is C12H24N4O. The van der Waals surface area contributed by atoms with Gasteiger partial charge < -0.3 is 15.0 Å². The van der Waals surface area contributed by atoms with Crippen LogP contribution in [0.2, 0.25) is 0 Å². The molecule has 1 N–H and O–H groups in total. The minimum Gasteiger partial charge on any atom is -0.379 e. The number of hydrogen-bond acceptors (Lipinski definition) is 4. The molecule has 5 nitrogen and oxygen atoms in total. The summed E-state index contributed by atoms with van der Waals surface area (Å²) in [7, 11) is 6.04. The Morgan fingerprint density at radius 3 is 2.76 bits per heavy atom. The largest absolute Gasteiger partial charge is 0.379 e. The fraction of sp³-hybridized carbons (Fsp3) is 0.750. The van der Waals surface area contributed by atoms with Crippen molar-refractivity contribution in [1.29, 1.82) is 0 Å². The van der Waals surface area contributed by atoms with E-state index in [9.17, 15) is 0 Å². The van der Waals surface area contributed by atoms with E-state index in [1.165, 1.54) is 5.56 Å². The van der Waals surface area contributed by atoms with Crippen LogP contribution in [0.5, 0.6) is 0 Å². The average Bonchev–Trinajstić information content (AvgIpc) is 2.55. The highest BCUT2D eigenvalue weighted by Gasteiger charge is 2.01. The molecule has 0 saturated carbocycles. The maximum absolute atomic E-state index is 5.49. The lowest BCUT2D eigenvalue weighted by Crippen LogP contribution is -2.23. The maximum Gasteiger partial charge on any atom is 0.0638 e. The van der Waals surface area contributed by atoms with Crippen LogP contribution in [0.4, 0.5) is 0 Å². The van der Waals surface area contributed by atoms with E-state index in [0.717, 1.165) is 38.5 Å². The molecule has 0 aromatic carbocycles. The van der Waals surface area contributed by atoms with E-state index in [1.54, 1.807) is 0 Å². The number of ether oxygens (including phenoxy) is 1. The van der Waals surface area contributed by atoms with E-state index in [2.05, 4.69) is 21.5 Å². The third-order valence-corrected chi connectivity index (χ3v) is 2.54. The van der Waals surface area contributed by atoms with Gasteiger partial charge in [-0.25, -0.2) is 0 Å². The number of likely N-dealkylation sites (N-methyl/N-ethyl adjacent to an activating group) is 1. The molecule has 0 spiro atoms. The summed E-state index contributed by atoms with van der Waals surface area (Å²) in [6, 6.07) is 0. The number of rotatable bonds is 8. The van der Waals surface area contributed by atoms with Crippen molar-refractivity contribution in [2.75, 3.05) is 40.4 Å². The lowest BCUT2D eigenvalue weighted by Gasteiger charge is -2.10. The molecule has 0 atom stereocenters. The Hall–Kier alpha value is -0.910. The second-order valence-electron chi connectivity index (χ2n) is 4.51. The van der Waals surface area contributed by atoms with Crippen LogP contribution < -0.4 is 5.32 Å². The van der Waals surface area contributed by atoms with Crippen LogP contribution >= 0.6 is 0 Å². The predicted octanol–water partition coefficient (Wildman–Crippen LogP) is 0.396. The van der Waals surface area contributed by atoms with Crippen LogP contribution in [0.25, 0.3) is 0 Å². The van der Waals surface area contributed by atoms with Gasteiger partial charge in [-0.2, -0.15) is 5.10 Å². The highest BCUT2D eigenvalue weighted by molar-refractivity contribution is 5.14. The molecule has 1 rings (SSSR count). The first-order valence-corrected chi connectivity index (χ1v) is 6.02. The number of hydrogen-bond donors (Lipinski definition) is 1. The second kappa shape index (κ2) is 7.42. The average molecular weight is 240 g/mol. The number of nitrogens with one attached hydrogen (secondary N) is 1. The summed E-state index contributed by atoms with van der Waals surface area (Å²) in [4.78, 5) is 2.12. The molecule has 0 aliphatic heterocycles. The van der Waals surface area contributed by atoms with Gasteiger partial charge in [0.25, 0.3) is 0 Å². The van der Waals surface area contributed by atoms with Gasteiger partial charge in [-0.1, -0.05) is 0 Å². The molecule has 17 heavy (non-hydrogen) atoms. The fourth-order valence-corrected chi connectivity index (χ4v) is 1.54. The maximum atomic E-state index is 5.49. The summed E-state index contributed by atoms with van der Waals surface area (Å²) >= 11 is 0. The van der Waals surface area contributed by atoms with Gasteiger partial charge in [-0.05, 0) is 21.0 Å². The van der Waals surface area contributed by atoms with Gasteiger partial charge in [-0.3, -0.25) is 4.68 Å². The van der Waals surface area contributed by atoms with Crippen LogP contribution in [0.1, 0.15) is 11.3 Å². The third kappa shape index (κ3) is 5.81. The molecule has 0 fully saturated rings. The van der Waals surface area contributed by atoms with Crippen molar-refractivity contribution in [3.63, 3.8) is 0 Å². The predicted molar refractivity (Wildman–Crippen MR) is 69.0 cm³/mol. The SMILES string of the molecule is Cc1nn(C)cc1CNCCOCCN(C)C. The minimum atomic E-state index is 0.757. The van der Waals surface area contributed by atoms with Crippen molar-refractivity contribution < 1.29 is 4.74 Å². The molecule has 0 unspecified atom stereocenters. The van der Waals surface area contributed by atoms with Crippen molar-refractivity contribution in [1.82, 2.24) is 20.0 Å². The van der Waals surface area contributed by atoms with Crippen LogP contribution in [0, 0.1) is 6.92 Å². The highest BCUT2D eigenvalue weighted by atomic mass is 16.5. The van der Waals surface area contributed by atoms with Gasteiger partial charge in [0.1, 0.15) is 0 Å². The monoisotopic (exact) mass is 240 g/mol. The van der Waals surface area contributed by atoms with Crippen molar-refractivity contribution in [2.24, 2.45) is 7.05 Å². The van der Waals surface area contributed by atoms with Crippen molar-refractivity contribution in [2.45, 2.75) is 13.5 Å². The molecule has 98 valence electrons. The van der Waals surface area contributed by atoms with Crippen molar-refractivity contribution in [3.8, 4) is 0 Å². The van der Waals surface area contributed by atoms with Gasteiger partial charge in [-0.15, -0.1) is 0 Å². The smallest absolute Gasteiger partial charge is 0.0638 e. The second-order valence-corrected chi connectivity index (χ2v) is 4.51. The minimum absolute atomic E-state index is 0.757. The number of nitrogens with zero attached hydrogens (tertiary/aromatic N) is 3. The summed E-state index contributed by atoms with van der Waals surface area (Å²) in [5, 5.41) is 7.65. The molecule has 0 bridgehead atoms. The van der Waals surface area contributed by atoms with Gasteiger partial charge >= 0.3 is 0 Å². The summed E-state index contributed by atoms with van der Waals surface area (Å²) in [6.07, 6.45) is 2.05. The standard InChI is InChI=1S/C12H24N4O/c1-11-12(10-16(4)14-11)9-13-5-7-17-8-6-15(2)3/h10,13H,5-9H2,1-4H3. The molecule has 0 radical (unpaired) electrons. The van der Waals surface area contributed by atoms with Gasteiger partial charge in [0.15, 0.2) is 0 Å². The summed E-state index contributed by atoms with van der Waals surface area (Å²) in [5.41, 5.74) is 2.34. The summed E-state index contributed by atoms with van der Waals surface area (Å²) in [5.74, 6) is 0. The Kier molecular flexibility index (Phi) is 6.18. The van der Waals surface area contributed by atoms with E-state index in [0.29, 0.717) is 0 Å². The highest BCUT2D eigenvalue weighted by Crippen LogP contribution is 2.03. The zero-order valence-electron chi connectivity index (χ0n) is 11.4. The van der Waals surface area contributed by atoms with Crippen LogP contribution in [-0.2, 0) is 18.3 Å². The molecule has 5 heteroatoms. The van der Waals surface area contributed by atoms with Crippen molar-refractivity contribution >= 4 is 0 Å². The number of aromatic nitrogens is 2. The molecule has 1 aromatic rings. The Bertz CT molecular complexity index is 322. The van der Waals surface area contributed by atoms with Crippen molar-refractivity contribution in [3.05, 3.63) is 17.5 Å². The molecular weight excluding hydrogens is 216 g/mol. The van der Waals surface area contributed by atoms with Crippen LogP contribution in [-0.4, -0.2) is 55.1 Å². The normalized spacial score (nSPS) is 11.4. The van der Waals surface area contributed by atoms with Gasteiger partial charge in [0.2, 0.25) is 0 Å². The van der Waals surface area contributed by atoms with E-state index >= 15 is 0 Å². The fourth-order valence-electron chi connectivity index (χ4n) is 1.54. The Morgan fingerprint density at radius 1 is 1.41 bits per heavy atom. The van der Waals surface area contributed by atoms with E-state index < -0.39 is 0 Å². The third-order valence-electron chi connectivity index (χ3n) is 2.54. The summed E-state index contributed by atoms with van der Waals surface area (Å²) < 4.78 is 7.34. The van der Waals surface area contributed by atoms with Gasteiger partial charge in [0, 0.05) is 38.4 Å². The zero-order valence-corrected chi connectivity index (χ0v) is 11.4. The molecule has 1 heterocycles. The van der Waals surface area contributed by atoms with Crippen LogP contribution in [0.3, 0.4) is 0 Å². The molecule has 0 saturated heterocycles. The quantitative estimate of drug-likeness (QED) is 0.668. The Labute approximate surface area is 104 Å². The first kappa shape index (κ1) is 14.2.